The maximum absolute atomic E-state index is 12.8. The lowest BCUT2D eigenvalue weighted by atomic mass is 10.0. The first-order valence-corrected chi connectivity index (χ1v) is 8.01. The summed E-state index contributed by atoms with van der Waals surface area (Å²) in [4.78, 5) is 24.6. The maximum atomic E-state index is 12.8. The average molecular weight is 338 g/mol. The van der Waals surface area contributed by atoms with Gasteiger partial charge in [-0.3, -0.25) is 14.9 Å². The first-order valence-electron chi connectivity index (χ1n) is 8.01. The van der Waals surface area contributed by atoms with E-state index in [9.17, 15) is 14.0 Å². The van der Waals surface area contributed by atoms with Gasteiger partial charge in [0.1, 0.15) is 11.6 Å². The minimum absolute atomic E-state index is 0.0403. The third kappa shape index (κ3) is 5.49. The standard InChI is InChI=1S/C17H23FN2O4/c1-17(19-11-16(22)23)8-9-20(12-17)15(21)3-2-10-24-14-6-4-13(18)5-7-14/h4-7,19H,2-3,8-12H2,1H3,(H,22,23)/t17-/m1/s1. The highest BCUT2D eigenvalue weighted by Crippen LogP contribution is 2.21. The van der Waals surface area contributed by atoms with Gasteiger partial charge in [-0.05, 0) is 44.0 Å². The summed E-state index contributed by atoms with van der Waals surface area (Å²) in [6.45, 7) is 3.35. The number of carboxylic acid groups (broad SMARTS) is 1. The molecule has 0 radical (unpaired) electrons. The number of nitrogens with one attached hydrogen (secondary N) is 1. The molecular formula is C17H23FN2O4. The van der Waals surface area contributed by atoms with Gasteiger partial charge in [0.05, 0.1) is 13.2 Å². The van der Waals surface area contributed by atoms with Crippen molar-refractivity contribution >= 4 is 11.9 Å². The lowest BCUT2D eigenvalue weighted by Crippen LogP contribution is -2.47. The Morgan fingerprint density at radius 2 is 2.08 bits per heavy atom. The third-order valence-corrected chi connectivity index (χ3v) is 4.11. The SMILES string of the molecule is C[C@@]1(NCC(=O)O)CCN(C(=O)CCCOc2ccc(F)cc2)C1. The van der Waals surface area contributed by atoms with Crippen molar-refractivity contribution in [3.63, 3.8) is 0 Å². The summed E-state index contributed by atoms with van der Waals surface area (Å²) < 4.78 is 18.2. The Morgan fingerprint density at radius 1 is 1.38 bits per heavy atom. The van der Waals surface area contributed by atoms with Crippen LogP contribution in [0.25, 0.3) is 0 Å². The van der Waals surface area contributed by atoms with E-state index < -0.39 is 5.97 Å². The van der Waals surface area contributed by atoms with Gasteiger partial charge in [-0.15, -0.1) is 0 Å². The van der Waals surface area contributed by atoms with Crippen molar-refractivity contribution in [1.29, 1.82) is 0 Å². The molecule has 2 rings (SSSR count). The molecule has 2 N–H and O–H groups in total. The first-order chi connectivity index (χ1) is 11.4. The van der Waals surface area contributed by atoms with E-state index in [0.717, 1.165) is 6.42 Å². The Kier molecular flexibility index (Phi) is 6.14. The second-order valence-electron chi connectivity index (χ2n) is 6.28. The Labute approximate surface area is 140 Å². The summed E-state index contributed by atoms with van der Waals surface area (Å²) in [7, 11) is 0. The van der Waals surface area contributed by atoms with E-state index in [1.807, 2.05) is 6.92 Å². The van der Waals surface area contributed by atoms with Crippen LogP contribution >= 0.6 is 0 Å². The molecule has 1 aromatic rings. The molecule has 1 aliphatic rings. The van der Waals surface area contributed by atoms with E-state index in [1.165, 1.54) is 12.1 Å². The maximum Gasteiger partial charge on any atom is 0.317 e. The fourth-order valence-electron chi connectivity index (χ4n) is 2.71. The van der Waals surface area contributed by atoms with Crippen molar-refractivity contribution in [2.24, 2.45) is 0 Å². The molecule has 0 aromatic heterocycles. The van der Waals surface area contributed by atoms with Crippen LogP contribution in [0.4, 0.5) is 4.39 Å². The van der Waals surface area contributed by atoms with Crippen molar-refractivity contribution < 1.29 is 23.8 Å². The molecule has 1 amide bonds. The van der Waals surface area contributed by atoms with Crippen molar-refractivity contribution in [1.82, 2.24) is 10.2 Å². The fourth-order valence-corrected chi connectivity index (χ4v) is 2.71. The fraction of sp³-hybridized carbons (Fsp3) is 0.529. The zero-order valence-electron chi connectivity index (χ0n) is 13.8. The molecular weight excluding hydrogens is 315 g/mol. The number of ether oxygens (including phenoxy) is 1. The number of likely N-dealkylation sites (tertiary alicyclic amines) is 1. The summed E-state index contributed by atoms with van der Waals surface area (Å²) in [6.07, 6.45) is 1.68. The van der Waals surface area contributed by atoms with Gasteiger partial charge in [0.25, 0.3) is 0 Å². The summed E-state index contributed by atoms with van der Waals surface area (Å²) in [5.41, 5.74) is -0.349. The molecule has 0 aliphatic carbocycles. The number of aliphatic carboxylic acids is 1. The van der Waals surface area contributed by atoms with Crippen LogP contribution < -0.4 is 10.1 Å². The molecule has 1 aliphatic heterocycles. The Hall–Kier alpha value is -2.15. The number of halogens is 1. The van der Waals surface area contributed by atoms with E-state index >= 15 is 0 Å². The average Bonchev–Trinajstić information content (AvgIpc) is 2.94. The van der Waals surface area contributed by atoms with Gasteiger partial charge < -0.3 is 14.7 Å². The summed E-state index contributed by atoms with van der Waals surface area (Å²) in [5.74, 6) is -0.598. The lowest BCUT2D eigenvalue weighted by molar-refractivity contribution is -0.136. The summed E-state index contributed by atoms with van der Waals surface area (Å²) in [6, 6.07) is 5.76. The quantitative estimate of drug-likeness (QED) is 0.705. The minimum Gasteiger partial charge on any atom is -0.494 e. The van der Waals surface area contributed by atoms with E-state index in [0.29, 0.717) is 38.3 Å². The smallest absolute Gasteiger partial charge is 0.317 e. The van der Waals surface area contributed by atoms with Crippen LogP contribution in [0, 0.1) is 5.82 Å². The van der Waals surface area contributed by atoms with Crippen molar-refractivity contribution in [2.45, 2.75) is 31.7 Å². The van der Waals surface area contributed by atoms with Crippen molar-refractivity contribution in [2.75, 3.05) is 26.2 Å². The Bertz CT molecular complexity index is 578. The van der Waals surface area contributed by atoms with E-state index in [4.69, 9.17) is 9.84 Å². The molecule has 7 heteroatoms. The van der Waals surface area contributed by atoms with Crippen molar-refractivity contribution in [3.8, 4) is 5.75 Å². The zero-order valence-corrected chi connectivity index (χ0v) is 13.8. The molecule has 24 heavy (non-hydrogen) atoms. The number of benzene rings is 1. The van der Waals surface area contributed by atoms with Crippen LogP contribution in [0.15, 0.2) is 24.3 Å². The largest absolute Gasteiger partial charge is 0.494 e. The van der Waals surface area contributed by atoms with Crippen LogP contribution in [-0.2, 0) is 9.59 Å². The highest BCUT2D eigenvalue weighted by Gasteiger charge is 2.35. The molecule has 0 bridgehead atoms. The van der Waals surface area contributed by atoms with Crippen LogP contribution in [0.1, 0.15) is 26.2 Å². The van der Waals surface area contributed by atoms with Crippen molar-refractivity contribution in [3.05, 3.63) is 30.1 Å². The molecule has 1 atom stereocenters. The van der Waals surface area contributed by atoms with Gasteiger partial charge in [0, 0.05) is 25.0 Å². The van der Waals surface area contributed by atoms with Gasteiger partial charge in [-0.25, -0.2) is 4.39 Å². The second kappa shape index (κ2) is 8.10. The van der Waals surface area contributed by atoms with Crippen LogP contribution in [-0.4, -0.2) is 53.7 Å². The number of carbonyl (C=O) groups excluding carboxylic acids is 1. The number of amides is 1. The Morgan fingerprint density at radius 3 is 2.75 bits per heavy atom. The number of hydrogen-bond donors (Lipinski definition) is 2. The minimum atomic E-state index is -0.904. The van der Waals surface area contributed by atoms with Gasteiger partial charge in [-0.1, -0.05) is 0 Å². The molecule has 1 aromatic carbocycles. The Balaban J connectivity index is 1.67. The number of carboxylic acids is 1. The molecule has 1 heterocycles. The normalized spacial score (nSPS) is 20.2. The number of hydrogen-bond acceptors (Lipinski definition) is 4. The predicted octanol–water partition coefficient (Wildman–Crippen LogP) is 1.65. The molecule has 1 saturated heterocycles. The highest BCUT2D eigenvalue weighted by molar-refractivity contribution is 5.76. The molecule has 0 unspecified atom stereocenters. The van der Waals surface area contributed by atoms with Crippen LogP contribution in [0.5, 0.6) is 5.75 Å². The van der Waals surface area contributed by atoms with Gasteiger partial charge in [-0.2, -0.15) is 0 Å². The molecule has 6 nitrogen and oxygen atoms in total. The topological polar surface area (TPSA) is 78.9 Å². The van der Waals surface area contributed by atoms with E-state index in [2.05, 4.69) is 5.32 Å². The molecule has 132 valence electrons. The number of rotatable bonds is 8. The van der Waals surface area contributed by atoms with Crippen LogP contribution in [0.3, 0.4) is 0 Å². The molecule has 0 saturated carbocycles. The summed E-state index contributed by atoms with van der Waals surface area (Å²) in [5, 5.41) is 11.7. The van der Waals surface area contributed by atoms with E-state index in [-0.39, 0.29) is 23.8 Å². The number of nitrogens with zero attached hydrogens (tertiary/aromatic N) is 1. The van der Waals surface area contributed by atoms with Gasteiger partial charge >= 0.3 is 5.97 Å². The van der Waals surface area contributed by atoms with Gasteiger partial charge in [0.2, 0.25) is 5.91 Å². The molecule has 0 spiro atoms. The second-order valence-corrected chi connectivity index (χ2v) is 6.28. The third-order valence-electron chi connectivity index (χ3n) is 4.11. The van der Waals surface area contributed by atoms with E-state index in [1.54, 1.807) is 17.0 Å². The monoisotopic (exact) mass is 338 g/mol. The number of carbonyl (C=O) groups is 2. The summed E-state index contributed by atoms with van der Waals surface area (Å²) >= 11 is 0. The van der Waals surface area contributed by atoms with Gasteiger partial charge in [0.15, 0.2) is 0 Å². The molecule has 1 fully saturated rings. The predicted molar refractivity (Wildman–Crippen MR) is 86.4 cm³/mol. The first kappa shape index (κ1) is 18.2. The van der Waals surface area contributed by atoms with Crippen LogP contribution in [0.2, 0.25) is 0 Å². The highest BCUT2D eigenvalue weighted by atomic mass is 19.1. The lowest BCUT2D eigenvalue weighted by Gasteiger charge is -2.25. The zero-order chi connectivity index (χ0) is 17.6.